The number of primary amides is 1. The maximum Gasteiger partial charge on any atom is 0.271 e. The molecule has 0 radical (unpaired) electrons. The highest BCUT2D eigenvalue weighted by Crippen LogP contribution is 2.44. The van der Waals surface area contributed by atoms with E-state index in [9.17, 15) is 4.79 Å². The summed E-state index contributed by atoms with van der Waals surface area (Å²) in [6.07, 6.45) is 2.89. The molecule has 1 aliphatic rings. The van der Waals surface area contributed by atoms with Gasteiger partial charge in [-0.1, -0.05) is 25.6 Å². The third-order valence-corrected chi connectivity index (χ3v) is 6.77. The van der Waals surface area contributed by atoms with Crippen LogP contribution in [-0.2, 0) is 6.54 Å². The predicted octanol–water partition coefficient (Wildman–Crippen LogP) is 2.90. The highest BCUT2D eigenvalue weighted by atomic mass is 32.2. The standard InChI is InChI=1S/C19H27N5O3S2/c1-4-23(5-2)7-6-8-24-17(20)16(18(21)25)22-19(24)29-15-10-13-12(26-11-27-13)9-14(15)28-3/h9-10H,4-8,11,20H2,1-3H3,(H2,21,25). The van der Waals surface area contributed by atoms with Gasteiger partial charge < -0.3 is 30.4 Å². The number of nitrogens with two attached hydrogens (primary N) is 2. The molecule has 4 N–H and O–H groups in total. The van der Waals surface area contributed by atoms with E-state index in [2.05, 4.69) is 23.7 Å². The Morgan fingerprint density at radius 3 is 2.48 bits per heavy atom. The van der Waals surface area contributed by atoms with Crippen LogP contribution in [0.4, 0.5) is 5.82 Å². The van der Waals surface area contributed by atoms with Crippen molar-refractivity contribution >= 4 is 35.2 Å². The smallest absolute Gasteiger partial charge is 0.271 e. The largest absolute Gasteiger partial charge is 0.454 e. The number of anilines is 1. The molecule has 1 amide bonds. The van der Waals surface area contributed by atoms with Crippen molar-refractivity contribution in [1.29, 1.82) is 0 Å². The molecule has 1 aliphatic heterocycles. The molecule has 0 atom stereocenters. The average Bonchev–Trinajstić information content (AvgIpc) is 3.29. The van der Waals surface area contributed by atoms with Crippen molar-refractivity contribution in [3.05, 3.63) is 17.8 Å². The van der Waals surface area contributed by atoms with Crippen LogP contribution in [0.2, 0.25) is 0 Å². The molecule has 0 saturated carbocycles. The first-order chi connectivity index (χ1) is 14.0. The molecule has 3 rings (SSSR count). The lowest BCUT2D eigenvalue weighted by molar-refractivity contribution is 0.0996. The zero-order valence-corrected chi connectivity index (χ0v) is 18.6. The molecule has 2 heterocycles. The van der Waals surface area contributed by atoms with Gasteiger partial charge in [-0.15, -0.1) is 11.8 Å². The molecule has 0 fully saturated rings. The van der Waals surface area contributed by atoms with Crippen molar-refractivity contribution in [2.45, 2.75) is 41.8 Å². The van der Waals surface area contributed by atoms with E-state index in [1.165, 1.54) is 11.8 Å². The number of imidazole rings is 1. The SMILES string of the molecule is CCN(CC)CCCn1c(Sc2cc3c(cc2SC)OCO3)nc(C(N)=O)c1N. The number of nitrogens with zero attached hydrogens (tertiary/aromatic N) is 3. The Balaban J connectivity index is 1.88. The van der Waals surface area contributed by atoms with Gasteiger partial charge in [-0.05, 0) is 44.4 Å². The summed E-state index contributed by atoms with van der Waals surface area (Å²) in [6.45, 7) is 8.10. The van der Waals surface area contributed by atoms with E-state index in [1.807, 2.05) is 23.0 Å². The van der Waals surface area contributed by atoms with Gasteiger partial charge in [-0.2, -0.15) is 0 Å². The maximum atomic E-state index is 11.8. The summed E-state index contributed by atoms with van der Waals surface area (Å²) in [4.78, 5) is 20.6. The molecule has 1 aromatic heterocycles. The molecule has 0 saturated heterocycles. The van der Waals surface area contributed by atoms with Crippen molar-refractivity contribution in [1.82, 2.24) is 14.5 Å². The number of nitrogen functional groups attached to an aromatic ring is 1. The first-order valence-corrected chi connectivity index (χ1v) is 11.6. The van der Waals surface area contributed by atoms with E-state index in [4.69, 9.17) is 20.9 Å². The van der Waals surface area contributed by atoms with Gasteiger partial charge in [-0.25, -0.2) is 4.98 Å². The van der Waals surface area contributed by atoms with E-state index in [0.717, 1.165) is 41.6 Å². The van der Waals surface area contributed by atoms with Crippen LogP contribution in [0, 0.1) is 0 Å². The summed E-state index contributed by atoms with van der Waals surface area (Å²) < 4.78 is 12.9. The Hall–Kier alpha value is -2.04. The molecule has 0 unspecified atom stereocenters. The summed E-state index contributed by atoms with van der Waals surface area (Å²) in [5.41, 5.74) is 11.8. The predicted molar refractivity (Wildman–Crippen MR) is 116 cm³/mol. The quantitative estimate of drug-likeness (QED) is 0.546. The number of carbonyl (C=O) groups is 1. The van der Waals surface area contributed by atoms with E-state index in [1.54, 1.807) is 11.8 Å². The van der Waals surface area contributed by atoms with E-state index in [0.29, 0.717) is 23.3 Å². The van der Waals surface area contributed by atoms with Crippen LogP contribution in [0.1, 0.15) is 30.8 Å². The fraction of sp³-hybridized carbons (Fsp3) is 0.474. The molecule has 8 nitrogen and oxygen atoms in total. The van der Waals surface area contributed by atoms with Crippen molar-refractivity contribution in [2.24, 2.45) is 5.73 Å². The van der Waals surface area contributed by atoms with Gasteiger partial charge in [0.05, 0.1) is 0 Å². The third kappa shape index (κ3) is 4.76. The fourth-order valence-electron chi connectivity index (χ4n) is 3.15. The second kappa shape index (κ2) is 9.64. The van der Waals surface area contributed by atoms with Gasteiger partial charge in [0.25, 0.3) is 5.91 Å². The lowest BCUT2D eigenvalue weighted by Crippen LogP contribution is -2.25. The van der Waals surface area contributed by atoms with Crippen molar-refractivity contribution in [3.8, 4) is 11.5 Å². The van der Waals surface area contributed by atoms with Crippen LogP contribution >= 0.6 is 23.5 Å². The van der Waals surface area contributed by atoms with E-state index >= 15 is 0 Å². The van der Waals surface area contributed by atoms with Crippen LogP contribution in [0.25, 0.3) is 0 Å². The van der Waals surface area contributed by atoms with Gasteiger partial charge in [0, 0.05) is 16.3 Å². The summed E-state index contributed by atoms with van der Waals surface area (Å²) in [5.74, 6) is 1.13. The zero-order valence-electron chi connectivity index (χ0n) is 16.9. The highest BCUT2D eigenvalue weighted by molar-refractivity contribution is 8.02. The Kier molecular flexibility index (Phi) is 7.20. The molecule has 0 aliphatic carbocycles. The van der Waals surface area contributed by atoms with E-state index < -0.39 is 5.91 Å². The lowest BCUT2D eigenvalue weighted by Gasteiger charge is -2.18. The van der Waals surface area contributed by atoms with Crippen molar-refractivity contribution in [2.75, 3.05) is 38.4 Å². The second-order valence-corrected chi connectivity index (χ2v) is 8.34. The summed E-state index contributed by atoms with van der Waals surface area (Å²) in [5, 5.41) is 0.644. The first kappa shape index (κ1) is 21.7. The van der Waals surface area contributed by atoms with Crippen LogP contribution in [0.3, 0.4) is 0 Å². The van der Waals surface area contributed by atoms with Gasteiger partial charge in [0.15, 0.2) is 22.3 Å². The topological polar surface area (TPSA) is 109 Å². The minimum atomic E-state index is -0.623. The van der Waals surface area contributed by atoms with E-state index in [-0.39, 0.29) is 12.5 Å². The molecular weight excluding hydrogens is 410 g/mol. The summed E-state index contributed by atoms with van der Waals surface area (Å²) in [7, 11) is 0. The number of fused-ring (bicyclic) bond motifs is 1. The van der Waals surface area contributed by atoms with Gasteiger partial charge in [0.2, 0.25) is 6.79 Å². The number of thioether (sulfide) groups is 1. The monoisotopic (exact) mass is 437 g/mol. The number of aromatic nitrogens is 2. The number of benzene rings is 1. The molecule has 29 heavy (non-hydrogen) atoms. The second-order valence-electron chi connectivity index (χ2n) is 6.48. The maximum absolute atomic E-state index is 11.8. The van der Waals surface area contributed by atoms with Crippen LogP contribution in [0.5, 0.6) is 11.5 Å². The Morgan fingerprint density at radius 2 is 1.90 bits per heavy atom. The minimum Gasteiger partial charge on any atom is -0.454 e. The number of amides is 1. The highest BCUT2D eigenvalue weighted by Gasteiger charge is 2.23. The lowest BCUT2D eigenvalue weighted by atomic mass is 10.3. The molecular formula is C19H27N5O3S2. The average molecular weight is 438 g/mol. The number of hydrogen-bond donors (Lipinski definition) is 2. The molecule has 1 aromatic carbocycles. The normalized spacial score (nSPS) is 12.7. The summed E-state index contributed by atoms with van der Waals surface area (Å²) in [6, 6.07) is 3.90. The molecule has 10 heteroatoms. The van der Waals surface area contributed by atoms with Gasteiger partial charge in [-0.3, -0.25) is 4.79 Å². The number of carbonyl (C=O) groups excluding carboxylic acids is 1. The molecule has 158 valence electrons. The van der Waals surface area contributed by atoms with Gasteiger partial charge >= 0.3 is 0 Å². The molecule has 2 aromatic rings. The number of hydrogen-bond acceptors (Lipinski definition) is 8. The third-order valence-electron chi connectivity index (χ3n) is 4.82. The minimum absolute atomic E-state index is 0.113. The molecule has 0 spiro atoms. The Morgan fingerprint density at radius 1 is 1.24 bits per heavy atom. The Labute approximate surface area is 179 Å². The summed E-state index contributed by atoms with van der Waals surface area (Å²) >= 11 is 3.06. The fourth-order valence-corrected chi connectivity index (χ4v) is 4.97. The Bertz CT molecular complexity index is 883. The zero-order chi connectivity index (χ0) is 21.0. The number of rotatable bonds is 10. The van der Waals surface area contributed by atoms with Crippen molar-refractivity contribution in [3.63, 3.8) is 0 Å². The molecule has 0 bridgehead atoms. The first-order valence-electron chi connectivity index (χ1n) is 9.52. The number of ether oxygens (including phenoxy) is 2. The van der Waals surface area contributed by atoms with Crippen LogP contribution in [0.15, 0.2) is 27.1 Å². The van der Waals surface area contributed by atoms with Gasteiger partial charge in [0.1, 0.15) is 5.82 Å². The van der Waals surface area contributed by atoms with Crippen LogP contribution in [-0.4, -0.2) is 53.0 Å². The van der Waals surface area contributed by atoms with Crippen molar-refractivity contribution < 1.29 is 14.3 Å². The van der Waals surface area contributed by atoms with Crippen LogP contribution < -0.4 is 20.9 Å².